The normalized spacial score (nSPS) is 26.8. The van der Waals surface area contributed by atoms with Crippen LogP contribution in [0.4, 0.5) is 5.82 Å². The van der Waals surface area contributed by atoms with Crippen molar-refractivity contribution in [3.63, 3.8) is 0 Å². The van der Waals surface area contributed by atoms with Crippen molar-refractivity contribution in [2.24, 2.45) is 0 Å². The molecule has 0 radical (unpaired) electrons. The van der Waals surface area contributed by atoms with Crippen LogP contribution in [-0.4, -0.2) is 62.7 Å². The van der Waals surface area contributed by atoms with Gasteiger partial charge in [-0.05, 0) is 0 Å². The Hall–Kier alpha value is -2.27. The van der Waals surface area contributed by atoms with Gasteiger partial charge in [0.15, 0.2) is 11.7 Å². The predicted molar refractivity (Wildman–Crippen MR) is 82.5 cm³/mol. The highest BCUT2D eigenvalue weighted by Crippen LogP contribution is 2.33. The third-order valence-electron chi connectivity index (χ3n) is 3.93. The lowest BCUT2D eigenvalue weighted by Gasteiger charge is -2.20. The minimum atomic E-state index is -1.03. The fourth-order valence-corrected chi connectivity index (χ4v) is 2.85. The molecular formula is C14H18N4O6. The van der Waals surface area contributed by atoms with Crippen molar-refractivity contribution in [3.05, 3.63) is 22.7 Å². The van der Waals surface area contributed by atoms with E-state index in [9.17, 15) is 19.8 Å². The molecule has 1 saturated heterocycles. The van der Waals surface area contributed by atoms with Gasteiger partial charge in [-0.1, -0.05) is 0 Å². The SMILES string of the molecule is CO[C@@H]1[C@H](O)[C@@H](CO)O[C@H]1n1cnc2c(=O)[nH]c(NC(C)=O)cc21. The van der Waals surface area contributed by atoms with Gasteiger partial charge in [0.25, 0.3) is 5.56 Å². The lowest BCUT2D eigenvalue weighted by atomic mass is 10.1. The molecule has 130 valence electrons. The van der Waals surface area contributed by atoms with Crippen LogP contribution in [0, 0.1) is 0 Å². The highest BCUT2D eigenvalue weighted by Gasteiger charge is 2.45. The number of nitrogens with zero attached hydrogens (tertiary/aromatic N) is 2. The molecule has 1 aliphatic rings. The van der Waals surface area contributed by atoms with E-state index in [1.54, 1.807) is 6.07 Å². The van der Waals surface area contributed by atoms with Crippen molar-refractivity contribution in [1.29, 1.82) is 0 Å². The maximum atomic E-state index is 12.1. The van der Waals surface area contributed by atoms with Crippen LogP contribution >= 0.6 is 0 Å². The summed E-state index contributed by atoms with van der Waals surface area (Å²) in [6.07, 6.45) is -1.98. The van der Waals surface area contributed by atoms with E-state index < -0.39 is 30.1 Å². The molecule has 4 N–H and O–H groups in total. The Balaban J connectivity index is 2.08. The summed E-state index contributed by atoms with van der Waals surface area (Å²) >= 11 is 0. The van der Waals surface area contributed by atoms with Crippen molar-refractivity contribution in [2.45, 2.75) is 31.5 Å². The zero-order chi connectivity index (χ0) is 17.4. The van der Waals surface area contributed by atoms with E-state index in [-0.39, 0.29) is 23.8 Å². The number of methoxy groups -OCH3 is 1. The molecule has 10 nitrogen and oxygen atoms in total. The van der Waals surface area contributed by atoms with E-state index in [1.807, 2.05) is 0 Å². The quantitative estimate of drug-likeness (QED) is 0.558. The Kier molecular flexibility index (Phi) is 4.37. The fourth-order valence-electron chi connectivity index (χ4n) is 2.85. The van der Waals surface area contributed by atoms with E-state index >= 15 is 0 Å². The average Bonchev–Trinajstić information content (AvgIpc) is 3.07. The maximum absolute atomic E-state index is 12.1. The van der Waals surface area contributed by atoms with E-state index in [1.165, 1.54) is 24.9 Å². The number of carbonyl (C=O) groups excluding carboxylic acids is 1. The molecular weight excluding hydrogens is 320 g/mol. The molecule has 1 aliphatic heterocycles. The van der Waals surface area contributed by atoms with E-state index in [2.05, 4.69) is 15.3 Å². The maximum Gasteiger partial charge on any atom is 0.277 e. The molecule has 0 aliphatic carbocycles. The number of aromatic amines is 1. The number of hydrogen-bond acceptors (Lipinski definition) is 7. The molecule has 3 rings (SSSR count). The smallest absolute Gasteiger partial charge is 0.277 e. The highest BCUT2D eigenvalue weighted by atomic mass is 16.6. The monoisotopic (exact) mass is 338 g/mol. The first-order valence-electron chi connectivity index (χ1n) is 7.31. The predicted octanol–water partition coefficient (Wildman–Crippen LogP) is -1.05. The standard InChI is InChI=1S/C14H18N4O6/c1-6(20)16-9-3-7-10(13(22)17-9)15-5-18(7)14-12(23-2)11(21)8(4-19)24-14/h3,5,8,11-12,14,19,21H,4H2,1-2H3,(H2,16,17,20,22)/t8-,11-,12-,14-/m1/s1. The Bertz CT molecular complexity index is 815. The molecule has 1 fully saturated rings. The van der Waals surface area contributed by atoms with Crippen molar-refractivity contribution >= 4 is 22.8 Å². The second kappa shape index (κ2) is 6.32. The minimum Gasteiger partial charge on any atom is -0.394 e. The number of amides is 1. The number of ether oxygens (including phenoxy) is 2. The van der Waals surface area contributed by atoms with Gasteiger partial charge in [0.1, 0.15) is 24.1 Å². The van der Waals surface area contributed by atoms with Crippen LogP contribution in [0.15, 0.2) is 17.2 Å². The summed E-state index contributed by atoms with van der Waals surface area (Å²) < 4.78 is 12.4. The number of H-pyrrole nitrogens is 1. The summed E-state index contributed by atoms with van der Waals surface area (Å²) in [7, 11) is 1.42. The summed E-state index contributed by atoms with van der Waals surface area (Å²) in [4.78, 5) is 29.9. The Labute approximate surface area is 136 Å². The van der Waals surface area contributed by atoms with Gasteiger partial charge in [0.2, 0.25) is 5.91 Å². The van der Waals surface area contributed by atoms with Crippen LogP contribution in [0.1, 0.15) is 13.2 Å². The van der Waals surface area contributed by atoms with E-state index in [0.29, 0.717) is 5.52 Å². The summed E-state index contributed by atoms with van der Waals surface area (Å²) in [6.45, 7) is 0.949. The number of aromatic nitrogens is 3. The molecule has 0 unspecified atom stereocenters. The summed E-state index contributed by atoms with van der Waals surface area (Å²) in [5.74, 6) is -0.119. The fraction of sp³-hybridized carbons (Fsp3) is 0.500. The molecule has 2 aromatic heterocycles. The molecule has 3 heterocycles. The highest BCUT2D eigenvalue weighted by molar-refractivity contribution is 5.89. The van der Waals surface area contributed by atoms with Crippen LogP contribution in [0.3, 0.4) is 0 Å². The van der Waals surface area contributed by atoms with Gasteiger partial charge >= 0.3 is 0 Å². The van der Waals surface area contributed by atoms with Gasteiger partial charge < -0.3 is 34.6 Å². The number of nitrogens with one attached hydrogen (secondary N) is 2. The van der Waals surface area contributed by atoms with Crippen LogP contribution in [0.5, 0.6) is 0 Å². The first kappa shape index (κ1) is 16.6. The molecule has 24 heavy (non-hydrogen) atoms. The zero-order valence-electron chi connectivity index (χ0n) is 13.1. The number of pyridine rings is 1. The Morgan fingerprint density at radius 3 is 2.96 bits per heavy atom. The number of rotatable bonds is 4. The first-order valence-corrected chi connectivity index (χ1v) is 7.31. The number of aliphatic hydroxyl groups excluding tert-OH is 2. The lowest BCUT2D eigenvalue weighted by Crippen LogP contribution is -2.34. The number of hydrogen-bond donors (Lipinski definition) is 4. The van der Waals surface area contributed by atoms with Gasteiger partial charge in [-0.15, -0.1) is 0 Å². The molecule has 0 spiro atoms. The van der Waals surface area contributed by atoms with Crippen LogP contribution in [-0.2, 0) is 14.3 Å². The van der Waals surface area contributed by atoms with Crippen molar-refractivity contribution in [1.82, 2.24) is 14.5 Å². The molecule has 0 saturated carbocycles. The summed E-state index contributed by atoms with van der Waals surface area (Å²) in [6, 6.07) is 1.54. The molecule has 10 heteroatoms. The molecule has 0 aromatic carbocycles. The number of carbonyl (C=O) groups is 1. The van der Waals surface area contributed by atoms with Crippen LogP contribution in [0.25, 0.3) is 11.0 Å². The Morgan fingerprint density at radius 2 is 2.33 bits per heavy atom. The minimum absolute atomic E-state index is 0.157. The lowest BCUT2D eigenvalue weighted by molar-refractivity contribution is -0.114. The third kappa shape index (κ3) is 2.69. The molecule has 1 amide bonds. The van der Waals surface area contributed by atoms with E-state index in [4.69, 9.17) is 9.47 Å². The molecule has 0 bridgehead atoms. The number of anilines is 1. The van der Waals surface area contributed by atoms with Crippen LogP contribution < -0.4 is 10.9 Å². The van der Waals surface area contributed by atoms with Gasteiger partial charge in [-0.3, -0.25) is 9.59 Å². The number of imidazole rings is 1. The first-order chi connectivity index (χ1) is 11.5. The number of fused-ring (bicyclic) bond motifs is 1. The van der Waals surface area contributed by atoms with Crippen LogP contribution in [0.2, 0.25) is 0 Å². The summed E-state index contributed by atoms with van der Waals surface area (Å²) in [5, 5.41) is 21.9. The average molecular weight is 338 g/mol. The molecule has 4 atom stereocenters. The zero-order valence-corrected chi connectivity index (χ0v) is 13.1. The second-order valence-electron chi connectivity index (χ2n) is 5.52. The third-order valence-corrected chi connectivity index (χ3v) is 3.93. The Morgan fingerprint density at radius 1 is 1.58 bits per heavy atom. The van der Waals surface area contributed by atoms with Gasteiger partial charge in [-0.2, -0.15) is 0 Å². The van der Waals surface area contributed by atoms with Crippen molar-refractivity contribution in [3.8, 4) is 0 Å². The second-order valence-corrected chi connectivity index (χ2v) is 5.52. The van der Waals surface area contributed by atoms with Crippen molar-refractivity contribution in [2.75, 3.05) is 19.0 Å². The topological polar surface area (TPSA) is 139 Å². The molecule has 2 aromatic rings. The largest absolute Gasteiger partial charge is 0.394 e. The summed E-state index contributed by atoms with van der Waals surface area (Å²) in [5.41, 5.74) is 0.0889. The van der Waals surface area contributed by atoms with Gasteiger partial charge in [-0.25, -0.2) is 4.98 Å². The van der Waals surface area contributed by atoms with Crippen molar-refractivity contribution < 1.29 is 24.5 Å². The van der Waals surface area contributed by atoms with Gasteiger partial charge in [0, 0.05) is 20.1 Å². The number of aliphatic hydroxyl groups is 2. The van der Waals surface area contributed by atoms with Gasteiger partial charge in [0.05, 0.1) is 18.5 Å². The van der Waals surface area contributed by atoms with E-state index in [0.717, 1.165) is 0 Å².